The van der Waals surface area contributed by atoms with Crippen molar-refractivity contribution >= 4 is 11.6 Å². The number of aliphatic hydroxyl groups is 1. The Bertz CT molecular complexity index is 872. The minimum atomic E-state index is -0.897. The van der Waals surface area contributed by atoms with Gasteiger partial charge in [-0.1, -0.05) is 39.0 Å². The van der Waals surface area contributed by atoms with Gasteiger partial charge in [0.1, 0.15) is 18.5 Å². The molecule has 0 spiro atoms. The van der Waals surface area contributed by atoms with Gasteiger partial charge in [-0.2, -0.15) is 0 Å². The van der Waals surface area contributed by atoms with Gasteiger partial charge < -0.3 is 14.7 Å². The van der Waals surface area contributed by atoms with E-state index in [4.69, 9.17) is 4.74 Å². The number of ether oxygens (including phenoxy) is 1. The number of aryl methyl sites for hydroxylation is 1. The minimum Gasteiger partial charge on any atom is -0.491 e. The van der Waals surface area contributed by atoms with Crippen LogP contribution in [0.3, 0.4) is 0 Å². The molecular weight excluding hydrogens is 372 g/mol. The Morgan fingerprint density at radius 1 is 1.21 bits per heavy atom. The van der Waals surface area contributed by atoms with Crippen molar-refractivity contribution in [3.8, 4) is 5.75 Å². The minimum absolute atomic E-state index is 0.0283. The SMILES string of the molecule is Cc1ccc(C(=O)N(C)C[C@@H](O)COc2ccc(C(C)(C)C)cc2)cc1[N+](=O)[O-]. The van der Waals surface area contributed by atoms with Gasteiger partial charge in [0, 0.05) is 30.8 Å². The second kappa shape index (κ2) is 9.05. The molecule has 29 heavy (non-hydrogen) atoms. The van der Waals surface area contributed by atoms with Gasteiger partial charge in [-0.25, -0.2) is 0 Å². The van der Waals surface area contributed by atoms with E-state index in [-0.39, 0.29) is 29.8 Å². The first-order valence-electron chi connectivity index (χ1n) is 9.41. The van der Waals surface area contributed by atoms with Crippen LogP contribution in [0.2, 0.25) is 0 Å². The van der Waals surface area contributed by atoms with Crippen molar-refractivity contribution in [1.82, 2.24) is 4.90 Å². The Balaban J connectivity index is 1.93. The van der Waals surface area contributed by atoms with Gasteiger partial charge in [-0.15, -0.1) is 0 Å². The average molecular weight is 400 g/mol. The zero-order valence-corrected chi connectivity index (χ0v) is 17.5. The molecule has 156 valence electrons. The number of nitro groups is 1. The fraction of sp³-hybridized carbons (Fsp3) is 0.409. The van der Waals surface area contributed by atoms with Crippen LogP contribution in [0.25, 0.3) is 0 Å². The van der Waals surface area contributed by atoms with Crippen molar-refractivity contribution in [3.63, 3.8) is 0 Å². The fourth-order valence-electron chi connectivity index (χ4n) is 2.85. The van der Waals surface area contributed by atoms with E-state index in [2.05, 4.69) is 20.8 Å². The van der Waals surface area contributed by atoms with Gasteiger partial charge in [0.2, 0.25) is 0 Å². The van der Waals surface area contributed by atoms with E-state index in [0.29, 0.717) is 11.3 Å². The second-order valence-electron chi connectivity index (χ2n) is 8.18. The molecule has 0 saturated carbocycles. The van der Waals surface area contributed by atoms with Crippen molar-refractivity contribution in [2.45, 2.75) is 39.2 Å². The summed E-state index contributed by atoms with van der Waals surface area (Å²) in [7, 11) is 1.54. The predicted molar refractivity (Wildman–Crippen MR) is 111 cm³/mol. The fourth-order valence-corrected chi connectivity index (χ4v) is 2.85. The van der Waals surface area contributed by atoms with Crippen molar-refractivity contribution in [2.75, 3.05) is 20.2 Å². The molecule has 0 bridgehead atoms. The average Bonchev–Trinajstić information content (AvgIpc) is 2.65. The number of aliphatic hydroxyl groups excluding tert-OH is 1. The zero-order chi connectivity index (χ0) is 21.8. The first-order valence-corrected chi connectivity index (χ1v) is 9.41. The maximum absolute atomic E-state index is 12.5. The number of carbonyl (C=O) groups is 1. The molecule has 2 aromatic rings. The third kappa shape index (κ3) is 6.02. The molecule has 1 N–H and O–H groups in total. The lowest BCUT2D eigenvalue weighted by Crippen LogP contribution is -2.37. The highest BCUT2D eigenvalue weighted by atomic mass is 16.6. The molecule has 0 fully saturated rings. The third-order valence-electron chi connectivity index (χ3n) is 4.65. The molecule has 0 radical (unpaired) electrons. The van der Waals surface area contributed by atoms with Gasteiger partial charge >= 0.3 is 0 Å². The summed E-state index contributed by atoms with van der Waals surface area (Å²) >= 11 is 0. The van der Waals surface area contributed by atoms with Crippen LogP contribution in [0.4, 0.5) is 5.69 Å². The Kier molecular flexibility index (Phi) is 6.97. The largest absolute Gasteiger partial charge is 0.491 e. The molecule has 1 amide bonds. The number of hydrogen-bond donors (Lipinski definition) is 1. The molecule has 0 saturated heterocycles. The first-order chi connectivity index (χ1) is 13.5. The molecule has 0 aliphatic carbocycles. The second-order valence-corrected chi connectivity index (χ2v) is 8.18. The number of amides is 1. The van der Waals surface area contributed by atoms with Crippen LogP contribution in [0.1, 0.15) is 42.3 Å². The van der Waals surface area contributed by atoms with Gasteiger partial charge in [0.15, 0.2) is 0 Å². The molecule has 2 rings (SSSR count). The molecule has 0 aliphatic heterocycles. The van der Waals surface area contributed by atoms with Gasteiger partial charge in [-0.3, -0.25) is 14.9 Å². The Hall–Kier alpha value is -2.93. The number of nitro benzene ring substituents is 1. The highest BCUT2D eigenvalue weighted by Crippen LogP contribution is 2.24. The molecule has 1 atom stereocenters. The summed E-state index contributed by atoms with van der Waals surface area (Å²) in [5, 5.41) is 21.3. The van der Waals surface area contributed by atoms with Gasteiger partial charge in [0.25, 0.3) is 11.6 Å². The Morgan fingerprint density at radius 2 is 1.83 bits per heavy atom. The normalized spacial score (nSPS) is 12.3. The number of benzene rings is 2. The first kappa shape index (κ1) is 22.4. The summed E-state index contributed by atoms with van der Waals surface area (Å²) < 4.78 is 5.61. The standard InChI is InChI=1S/C22H28N2O5/c1-15-6-7-16(12-20(15)24(27)28)21(26)23(5)13-18(25)14-29-19-10-8-17(9-11-19)22(2,3)4/h6-12,18,25H,13-14H2,1-5H3/t18-/m1/s1. The van der Waals surface area contributed by atoms with Crippen molar-refractivity contribution < 1.29 is 19.6 Å². The lowest BCUT2D eigenvalue weighted by molar-refractivity contribution is -0.385. The van der Waals surface area contributed by atoms with Crippen LogP contribution in [0.5, 0.6) is 5.75 Å². The summed E-state index contributed by atoms with van der Waals surface area (Å²) in [6, 6.07) is 12.0. The molecule has 0 aliphatic rings. The molecule has 0 heterocycles. The number of rotatable bonds is 7. The number of carbonyl (C=O) groups excluding carboxylic acids is 1. The summed E-state index contributed by atoms with van der Waals surface area (Å²) in [6.07, 6.45) is -0.897. The van der Waals surface area contributed by atoms with E-state index < -0.39 is 16.9 Å². The molecule has 2 aromatic carbocycles. The van der Waals surface area contributed by atoms with E-state index in [1.54, 1.807) is 19.1 Å². The lowest BCUT2D eigenvalue weighted by atomic mass is 9.87. The monoisotopic (exact) mass is 400 g/mol. The van der Waals surface area contributed by atoms with Crippen LogP contribution >= 0.6 is 0 Å². The summed E-state index contributed by atoms with van der Waals surface area (Å²) in [5.74, 6) is 0.238. The summed E-state index contributed by atoms with van der Waals surface area (Å²) in [6.45, 7) is 8.07. The maximum Gasteiger partial charge on any atom is 0.273 e. The smallest absolute Gasteiger partial charge is 0.273 e. The van der Waals surface area contributed by atoms with Crippen LogP contribution in [0.15, 0.2) is 42.5 Å². The van der Waals surface area contributed by atoms with Crippen LogP contribution in [-0.4, -0.2) is 47.1 Å². The predicted octanol–water partition coefficient (Wildman–Crippen LogP) is 3.71. The molecule has 0 unspecified atom stereocenters. The summed E-state index contributed by atoms with van der Waals surface area (Å²) in [5.41, 5.74) is 1.82. The topological polar surface area (TPSA) is 92.9 Å². The van der Waals surface area contributed by atoms with Crippen LogP contribution in [0, 0.1) is 17.0 Å². The number of hydrogen-bond acceptors (Lipinski definition) is 5. The highest BCUT2D eigenvalue weighted by molar-refractivity contribution is 5.94. The number of likely N-dealkylation sites (N-methyl/N-ethyl adjacent to an activating group) is 1. The van der Waals surface area contributed by atoms with Crippen molar-refractivity contribution in [1.29, 1.82) is 0 Å². The molecule has 0 aromatic heterocycles. The Labute approximate surface area is 171 Å². The van der Waals surface area contributed by atoms with E-state index in [1.165, 1.54) is 23.6 Å². The third-order valence-corrected chi connectivity index (χ3v) is 4.65. The van der Waals surface area contributed by atoms with E-state index in [1.807, 2.05) is 24.3 Å². The lowest BCUT2D eigenvalue weighted by Gasteiger charge is -2.22. The summed E-state index contributed by atoms with van der Waals surface area (Å²) in [4.78, 5) is 24.4. The molecule has 7 heteroatoms. The quantitative estimate of drug-likeness (QED) is 0.565. The Morgan fingerprint density at radius 3 is 2.38 bits per heavy atom. The molecular formula is C22H28N2O5. The van der Waals surface area contributed by atoms with Crippen molar-refractivity contribution in [2.24, 2.45) is 0 Å². The number of nitrogens with zero attached hydrogens (tertiary/aromatic N) is 2. The van der Waals surface area contributed by atoms with Crippen molar-refractivity contribution in [3.05, 3.63) is 69.3 Å². The maximum atomic E-state index is 12.5. The zero-order valence-electron chi connectivity index (χ0n) is 17.5. The van der Waals surface area contributed by atoms with Crippen LogP contribution < -0.4 is 4.74 Å². The van der Waals surface area contributed by atoms with E-state index in [9.17, 15) is 20.0 Å². The van der Waals surface area contributed by atoms with Gasteiger partial charge in [-0.05, 0) is 36.1 Å². The highest BCUT2D eigenvalue weighted by Gasteiger charge is 2.20. The van der Waals surface area contributed by atoms with E-state index in [0.717, 1.165) is 0 Å². The van der Waals surface area contributed by atoms with Gasteiger partial charge in [0.05, 0.1) is 4.92 Å². The molecule has 7 nitrogen and oxygen atoms in total. The van der Waals surface area contributed by atoms with E-state index >= 15 is 0 Å². The van der Waals surface area contributed by atoms with Crippen LogP contribution in [-0.2, 0) is 5.41 Å².